The van der Waals surface area contributed by atoms with Gasteiger partial charge in [0.15, 0.2) is 0 Å². The summed E-state index contributed by atoms with van der Waals surface area (Å²) < 4.78 is 32.5. The molecule has 2 aromatic rings. The Hall–Kier alpha value is -2.73. The van der Waals surface area contributed by atoms with E-state index in [0.29, 0.717) is 44.0 Å². The van der Waals surface area contributed by atoms with Crippen LogP contribution in [0.4, 0.5) is 5.69 Å². The van der Waals surface area contributed by atoms with Crippen LogP contribution in [0.1, 0.15) is 21.5 Å². The van der Waals surface area contributed by atoms with Gasteiger partial charge in [0.1, 0.15) is 0 Å². The van der Waals surface area contributed by atoms with Gasteiger partial charge in [-0.25, -0.2) is 8.42 Å². The SMILES string of the molecule is Cc1ccc(C(=O)Nc2ccc(CC#N)cc2)cc1S(=O)(=O)N1CCOCC1. The van der Waals surface area contributed by atoms with Crippen LogP contribution < -0.4 is 5.32 Å². The lowest BCUT2D eigenvalue weighted by Crippen LogP contribution is -2.40. The van der Waals surface area contributed by atoms with E-state index >= 15 is 0 Å². The largest absolute Gasteiger partial charge is 0.379 e. The number of carbonyl (C=O) groups is 1. The molecule has 1 fully saturated rings. The van der Waals surface area contributed by atoms with Gasteiger partial charge >= 0.3 is 0 Å². The number of nitriles is 1. The van der Waals surface area contributed by atoms with E-state index in [-0.39, 0.29) is 10.5 Å². The highest BCUT2D eigenvalue weighted by molar-refractivity contribution is 7.89. The number of sulfonamides is 1. The van der Waals surface area contributed by atoms with E-state index in [1.807, 2.05) is 0 Å². The number of amides is 1. The molecule has 1 aliphatic rings. The molecule has 1 heterocycles. The lowest BCUT2D eigenvalue weighted by Gasteiger charge is -2.26. The minimum absolute atomic E-state index is 0.131. The average molecular weight is 399 g/mol. The predicted molar refractivity (Wildman–Crippen MR) is 104 cm³/mol. The Kier molecular flexibility index (Phi) is 6.09. The fraction of sp³-hybridized carbons (Fsp3) is 0.300. The van der Waals surface area contributed by atoms with Crippen molar-refractivity contribution in [3.05, 3.63) is 59.2 Å². The molecule has 0 unspecified atom stereocenters. The zero-order valence-electron chi connectivity index (χ0n) is 15.5. The first-order chi connectivity index (χ1) is 13.4. The molecular weight excluding hydrogens is 378 g/mol. The molecule has 8 heteroatoms. The molecule has 0 aliphatic carbocycles. The third-order valence-electron chi connectivity index (χ3n) is 4.53. The van der Waals surface area contributed by atoms with Crippen molar-refractivity contribution in [2.24, 2.45) is 0 Å². The number of morpholine rings is 1. The van der Waals surface area contributed by atoms with Gasteiger partial charge < -0.3 is 10.1 Å². The van der Waals surface area contributed by atoms with E-state index in [1.165, 1.54) is 10.4 Å². The van der Waals surface area contributed by atoms with Gasteiger partial charge in [-0.2, -0.15) is 9.57 Å². The van der Waals surface area contributed by atoms with Crippen molar-refractivity contribution in [2.45, 2.75) is 18.2 Å². The maximum absolute atomic E-state index is 13.0. The molecule has 146 valence electrons. The van der Waals surface area contributed by atoms with Crippen molar-refractivity contribution in [3.63, 3.8) is 0 Å². The first-order valence-corrected chi connectivity index (χ1v) is 10.3. The number of aryl methyl sites for hydroxylation is 1. The lowest BCUT2D eigenvalue weighted by atomic mass is 10.1. The van der Waals surface area contributed by atoms with Gasteiger partial charge in [0.05, 0.1) is 30.6 Å². The molecule has 7 nitrogen and oxygen atoms in total. The van der Waals surface area contributed by atoms with Crippen molar-refractivity contribution in [2.75, 3.05) is 31.6 Å². The number of benzene rings is 2. The van der Waals surface area contributed by atoms with Crippen LogP contribution in [0.3, 0.4) is 0 Å². The fourth-order valence-corrected chi connectivity index (χ4v) is 4.60. The summed E-state index contributed by atoms with van der Waals surface area (Å²) in [5.74, 6) is -0.397. The Morgan fingerprint density at radius 3 is 2.50 bits per heavy atom. The highest BCUT2D eigenvalue weighted by atomic mass is 32.2. The topological polar surface area (TPSA) is 99.5 Å². The van der Waals surface area contributed by atoms with Crippen LogP contribution >= 0.6 is 0 Å². The third kappa shape index (κ3) is 4.39. The van der Waals surface area contributed by atoms with Crippen molar-refractivity contribution < 1.29 is 17.9 Å². The van der Waals surface area contributed by atoms with Crippen LogP contribution in [0.5, 0.6) is 0 Å². The van der Waals surface area contributed by atoms with E-state index < -0.39 is 15.9 Å². The minimum atomic E-state index is -3.69. The summed E-state index contributed by atoms with van der Waals surface area (Å²) in [6.07, 6.45) is 0.301. The number of anilines is 1. The summed E-state index contributed by atoms with van der Waals surface area (Å²) in [5, 5.41) is 11.5. The Morgan fingerprint density at radius 1 is 1.18 bits per heavy atom. The van der Waals surface area contributed by atoms with Gasteiger partial charge in [-0.1, -0.05) is 18.2 Å². The molecule has 0 radical (unpaired) electrons. The minimum Gasteiger partial charge on any atom is -0.379 e. The zero-order chi connectivity index (χ0) is 20.1. The molecule has 1 saturated heterocycles. The summed E-state index contributed by atoms with van der Waals surface area (Å²) in [4.78, 5) is 12.7. The van der Waals surface area contributed by atoms with Crippen LogP contribution in [0.15, 0.2) is 47.4 Å². The smallest absolute Gasteiger partial charge is 0.255 e. The molecule has 1 aliphatic heterocycles. The standard InChI is InChI=1S/C20H21N3O4S/c1-15-2-5-17(14-19(15)28(25,26)23-10-12-27-13-11-23)20(24)22-18-6-3-16(4-7-18)8-9-21/h2-7,14H,8,10-13H2,1H3,(H,22,24). The van der Waals surface area contributed by atoms with Crippen LogP contribution in [0, 0.1) is 18.3 Å². The lowest BCUT2D eigenvalue weighted by molar-refractivity contribution is 0.0730. The predicted octanol–water partition coefficient (Wildman–Crippen LogP) is 2.33. The summed E-state index contributed by atoms with van der Waals surface area (Å²) in [6, 6.07) is 13.7. The third-order valence-corrected chi connectivity index (χ3v) is 6.57. The second kappa shape index (κ2) is 8.52. The van der Waals surface area contributed by atoms with E-state index in [9.17, 15) is 13.2 Å². The molecule has 0 atom stereocenters. The first-order valence-electron chi connectivity index (χ1n) is 8.87. The summed E-state index contributed by atoms with van der Waals surface area (Å²) in [5.41, 5.74) is 2.28. The molecule has 28 heavy (non-hydrogen) atoms. The maximum atomic E-state index is 13.0. The molecule has 0 spiro atoms. The van der Waals surface area contributed by atoms with Gasteiger partial charge in [0.25, 0.3) is 5.91 Å². The van der Waals surface area contributed by atoms with Gasteiger partial charge in [-0.15, -0.1) is 0 Å². The van der Waals surface area contributed by atoms with Crippen LogP contribution in [0.2, 0.25) is 0 Å². The molecular formula is C20H21N3O4S. The number of rotatable bonds is 5. The van der Waals surface area contributed by atoms with Crippen molar-refractivity contribution in [1.29, 1.82) is 5.26 Å². The van der Waals surface area contributed by atoms with Crippen molar-refractivity contribution in [1.82, 2.24) is 4.31 Å². The van der Waals surface area contributed by atoms with Crippen LogP contribution in [-0.2, 0) is 21.2 Å². The second-order valence-corrected chi connectivity index (χ2v) is 8.39. The van der Waals surface area contributed by atoms with Crippen LogP contribution in [-0.4, -0.2) is 44.9 Å². The van der Waals surface area contributed by atoms with Crippen molar-refractivity contribution in [3.8, 4) is 6.07 Å². The number of nitrogens with one attached hydrogen (secondary N) is 1. The molecule has 1 N–H and O–H groups in total. The Balaban J connectivity index is 1.82. The van der Waals surface area contributed by atoms with E-state index in [0.717, 1.165) is 5.56 Å². The number of hydrogen-bond acceptors (Lipinski definition) is 5. The maximum Gasteiger partial charge on any atom is 0.255 e. The summed E-state index contributed by atoms with van der Waals surface area (Å²) in [6.45, 7) is 3.03. The van der Waals surface area contributed by atoms with E-state index in [4.69, 9.17) is 10.00 Å². The number of carbonyl (C=O) groups excluding carboxylic acids is 1. The first kappa shape index (κ1) is 20.0. The fourth-order valence-electron chi connectivity index (χ4n) is 2.95. The summed E-state index contributed by atoms with van der Waals surface area (Å²) >= 11 is 0. The normalized spacial score (nSPS) is 15.0. The van der Waals surface area contributed by atoms with Gasteiger partial charge in [-0.3, -0.25) is 4.79 Å². The molecule has 0 saturated carbocycles. The average Bonchev–Trinajstić information content (AvgIpc) is 2.70. The number of nitrogens with zero attached hydrogens (tertiary/aromatic N) is 2. The second-order valence-electron chi connectivity index (χ2n) is 6.48. The number of hydrogen-bond donors (Lipinski definition) is 1. The number of ether oxygens (including phenoxy) is 1. The summed E-state index contributed by atoms with van der Waals surface area (Å²) in [7, 11) is -3.69. The molecule has 0 aromatic heterocycles. The molecule has 2 aromatic carbocycles. The van der Waals surface area contributed by atoms with E-state index in [1.54, 1.807) is 43.3 Å². The Bertz CT molecular complexity index is 1000. The quantitative estimate of drug-likeness (QED) is 0.832. The van der Waals surface area contributed by atoms with Gasteiger partial charge in [0, 0.05) is 24.3 Å². The Labute approximate surface area is 164 Å². The van der Waals surface area contributed by atoms with Crippen molar-refractivity contribution >= 4 is 21.6 Å². The zero-order valence-corrected chi connectivity index (χ0v) is 16.3. The monoisotopic (exact) mass is 399 g/mol. The Morgan fingerprint density at radius 2 is 1.86 bits per heavy atom. The van der Waals surface area contributed by atoms with Gasteiger partial charge in [0.2, 0.25) is 10.0 Å². The van der Waals surface area contributed by atoms with Crippen LogP contribution in [0.25, 0.3) is 0 Å². The van der Waals surface area contributed by atoms with Gasteiger partial charge in [-0.05, 0) is 42.3 Å². The molecule has 0 bridgehead atoms. The molecule has 1 amide bonds. The van der Waals surface area contributed by atoms with E-state index in [2.05, 4.69) is 11.4 Å². The highest BCUT2D eigenvalue weighted by Gasteiger charge is 2.28. The molecule has 3 rings (SSSR count). The highest BCUT2D eigenvalue weighted by Crippen LogP contribution is 2.23.